The van der Waals surface area contributed by atoms with Crippen LogP contribution in [0.15, 0.2) is 30.6 Å². The van der Waals surface area contributed by atoms with Crippen LogP contribution in [0.5, 0.6) is 0 Å². The van der Waals surface area contributed by atoms with Crippen molar-refractivity contribution in [1.82, 2.24) is 24.6 Å². The molecule has 1 saturated heterocycles. The van der Waals surface area contributed by atoms with Crippen LogP contribution in [0.3, 0.4) is 0 Å². The van der Waals surface area contributed by atoms with Crippen LogP contribution in [0.25, 0.3) is 16.8 Å². The van der Waals surface area contributed by atoms with Crippen LogP contribution in [-0.4, -0.2) is 50.4 Å². The van der Waals surface area contributed by atoms with Crippen molar-refractivity contribution in [3.05, 3.63) is 36.3 Å². The molecule has 23 heavy (non-hydrogen) atoms. The SMILES string of the molecule is CCOC(=O)c1nnn2cc(-c3ccn(C4COC4)n3)ccc12. The summed E-state index contributed by atoms with van der Waals surface area (Å²) in [6, 6.07) is 5.95. The lowest BCUT2D eigenvalue weighted by Gasteiger charge is -2.25. The predicted octanol–water partition coefficient (Wildman–Crippen LogP) is 1.34. The van der Waals surface area contributed by atoms with Gasteiger partial charge in [0.2, 0.25) is 0 Å². The first-order valence-corrected chi connectivity index (χ1v) is 7.41. The maximum atomic E-state index is 11.8. The van der Waals surface area contributed by atoms with Gasteiger partial charge in [-0.2, -0.15) is 5.10 Å². The Morgan fingerprint density at radius 2 is 2.26 bits per heavy atom. The number of fused-ring (bicyclic) bond motifs is 1. The third-order valence-electron chi connectivity index (χ3n) is 3.78. The van der Waals surface area contributed by atoms with Gasteiger partial charge in [-0.25, -0.2) is 9.31 Å². The normalized spacial score (nSPS) is 14.8. The number of rotatable bonds is 4. The van der Waals surface area contributed by atoms with Crippen LogP contribution in [0.1, 0.15) is 23.5 Å². The molecular formula is C15H15N5O3. The fourth-order valence-electron chi connectivity index (χ4n) is 2.46. The second-order valence-corrected chi connectivity index (χ2v) is 5.28. The van der Waals surface area contributed by atoms with Crippen LogP contribution in [-0.2, 0) is 9.47 Å². The van der Waals surface area contributed by atoms with Gasteiger partial charge in [0.15, 0.2) is 5.69 Å². The molecule has 0 atom stereocenters. The number of esters is 1. The lowest BCUT2D eigenvalue weighted by Crippen LogP contribution is -2.30. The molecular weight excluding hydrogens is 298 g/mol. The summed E-state index contributed by atoms with van der Waals surface area (Å²) in [5, 5.41) is 12.5. The topological polar surface area (TPSA) is 83.5 Å². The highest BCUT2D eigenvalue weighted by Gasteiger charge is 2.21. The molecule has 1 aliphatic heterocycles. The van der Waals surface area contributed by atoms with Crippen LogP contribution in [0.4, 0.5) is 0 Å². The third kappa shape index (κ3) is 2.36. The molecule has 8 nitrogen and oxygen atoms in total. The summed E-state index contributed by atoms with van der Waals surface area (Å²) in [6.45, 7) is 3.46. The molecule has 0 bridgehead atoms. The molecule has 4 heterocycles. The predicted molar refractivity (Wildman–Crippen MR) is 80.0 cm³/mol. The van der Waals surface area contributed by atoms with Gasteiger partial charge in [0.25, 0.3) is 0 Å². The number of pyridine rings is 1. The summed E-state index contributed by atoms with van der Waals surface area (Å²) in [5.74, 6) is -0.468. The van der Waals surface area contributed by atoms with Gasteiger partial charge >= 0.3 is 5.97 Å². The lowest BCUT2D eigenvalue weighted by atomic mass is 10.2. The van der Waals surface area contributed by atoms with Crippen molar-refractivity contribution in [3.8, 4) is 11.3 Å². The van der Waals surface area contributed by atoms with Crippen molar-refractivity contribution in [2.24, 2.45) is 0 Å². The van der Waals surface area contributed by atoms with Gasteiger partial charge in [0.1, 0.15) is 5.52 Å². The Bertz CT molecular complexity index is 865. The van der Waals surface area contributed by atoms with Gasteiger partial charge in [-0.3, -0.25) is 4.68 Å². The zero-order chi connectivity index (χ0) is 15.8. The third-order valence-corrected chi connectivity index (χ3v) is 3.78. The Balaban J connectivity index is 1.66. The van der Waals surface area contributed by atoms with E-state index in [-0.39, 0.29) is 5.69 Å². The molecule has 3 aromatic rings. The summed E-state index contributed by atoms with van der Waals surface area (Å²) in [7, 11) is 0. The van der Waals surface area contributed by atoms with E-state index in [2.05, 4.69) is 15.4 Å². The van der Waals surface area contributed by atoms with Crippen LogP contribution in [0, 0.1) is 0 Å². The van der Waals surface area contributed by atoms with Crippen molar-refractivity contribution in [1.29, 1.82) is 0 Å². The van der Waals surface area contributed by atoms with Crippen LogP contribution >= 0.6 is 0 Å². The molecule has 0 N–H and O–H groups in total. The van der Waals surface area contributed by atoms with E-state index in [0.29, 0.717) is 31.4 Å². The Kier molecular flexibility index (Phi) is 3.30. The Hall–Kier alpha value is -2.74. The van der Waals surface area contributed by atoms with Crippen molar-refractivity contribution < 1.29 is 14.3 Å². The average molecular weight is 313 g/mol. The quantitative estimate of drug-likeness (QED) is 0.676. The van der Waals surface area contributed by atoms with E-state index in [4.69, 9.17) is 9.47 Å². The standard InChI is InChI=1S/C15H15N5O3/c1-2-23-15(21)14-13-4-3-10(7-20(13)18-16-14)12-5-6-19(17-12)11-8-22-9-11/h3-7,11H,2,8-9H2,1H3. The average Bonchev–Trinajstić information content (AvgIpc) is 3.11. The summed E-state index contributed by atoms with van der Waals surface area (Å²) in [5.41, 5.74) is 2.57. The molecule has 0 aromatic carbocycles. The molecule has 0 unspecified atom stereocenters. The molecule has 0 spiro atoms. The second-order valence-electron chi connectivity index (χ2n) is 5.28. The first-order valence-electron chi connectivity index (χ1n) is 7.41. The molecule has 1 aliphatic rings. The van der Waals surface area contributed by atoms with E-state index in [1.165, 1.54) is 0 Å². The minimum atomic E-state index is -0.468. The van der Waals surface area contributed by atoms with E-state index in [1.807, 2.05) is 23.0 Å². The summed E-state index contributed by atoms with van der Waals surface area (Å²) >= 11 is 0. The molecule has 0 radical (unpaired) electrons. The van der Waals surface area contributed by atoms with E-state index in [1.54, 1.807) is 23.7 Å². The smallest absolute Gasteiger partial charge is 0.361 e. The summed E-state index contributed by atoms with van der Waals surface area (Å²) in [6.07, 6.45) is 3.74. The highest BCUT2D eigenvalue weighted by molar-refractivity contribution is 5.94. The number of hydrogen-bond donors (Lipinski definition) is 0. The molecule has 3 aromatic heterocycles. The summed E-state index contributed by atoms with van der Waals surface area (Å²) < 4.78 is 13.6. The largest absolute Gasteiger partial charge is 0.461 e. The first kappa shape index (κ1) is 13.9. The van der Waals surface area contributed by atoms with E-state index in [0.717, 1.165) is 11.3 Å². The van der Waals surface area contributed by atoms with E-state index < -0.39 is 5.97 Å². The molecule has 118 valence electrons. The lowest BCUT2D eigenvalue weighted by molar-refractivity contribution is -0.0285. The van der Waals surface area contributed by atoms with Gasteiger partial charge in [-0.15, -0.1) is 5.10 Å². The van der Waals surface area contributed by atoms with Gasteiger partial charge in [0, 0.05) is 18.0 Å². The molecule has 1 fully saturated rings. The molecule has 0 aliphatic carbocycles. The molecule has 0 saturated carbocycles. The number of carbonyl (C=O) groups is 1. The van der Waals surface area contributed by atoms with Gasteiger partial charge < -0.3 is 9.47 Å². The van der Waals surface area contributed by atoms with Crippen molar-refractivity contribution in [2.75, 3.05) is 19.8 Å². The fourth-order valence-corrected chi connectivity index (χ4v) is 2.46. The summed E-state index contributed by atoms with van der Waals surface area (Å²) in [4.78, 5) is 11.8. The minimum absolute atomic E-state index is 0.218. The number of ether oxygens (including phenoxy) is 2. The van der Waals surface area contributed by atoms with E-state index >= 15 is 0 Å². The maximum Gasteiger partial charge on any atom is 0.361 e. The van der Waals surface area contributed by atoms with Crippen LogP contribution < -0.4 is 0 Å². The zero-order valence-corrected chi connectivity index (χ0v) is 12.5. The minimum Gasteiger partial charge on any atom is -0.461 e. The number of nitrogens with zero attached hydrogens (tertiary/aromatic N) is 5. The van der Waals surface area contributed by atoms with Gasteiger partial charge in [-0.05, 0) is 25.1 Å². The number of hydrogen-bond acceptors (Lipinski definition) is 6. The van der Waals surface area contributed by atoms with Crippen molar-refractivity contribution >= 4 is 11.5 Å². The number of carbonyl (C=O) groups excluding carboxylic acids is 1. The van der Waals surface area contributed by atoms with Gasteiger partial charge in [-0.1, -0.05) is 5.21 Å². The monoisotopic (exact) mass is 313 g/mol. The Morgan fingerprint density at radius 1 is 1.39 bits per heavy atom. The number of aromatic nitrogens is 5. The van der Waals surface area contributed by atoms with Crippen molar-refractivity contribution in [3.63, 3.8) is 0 Å². The zero-order valence-electron chi connectivity index (χ0n) is 12.5. The first-order chi connectivity index (χ1) is 11.3. The highest BCUT2D eigenvalue weighted by atomic mass is 16.5. The molecule has 0 amide bonds. The van der Waals surface area contributed by atoms with Crippen molar-refractivity contribution in [2.45, 2.75) is 13.0 Å². The second kappa shape index (κ2) is 5.47. The van der Waals surface area contributed by atoms with Gasteiger partial charge in [0.05, 0.1) is 31.6 Å². The highest BCUT2D eigenvalue weighted by Crippen LogP contribution is 2.22. The fraction of sp³-hybridized carbons (Fsp3) is 0.333. The molecule has 4 rings (SSSR count). The van der Waals surface area contributed by atoms with Crippen LogP contribution in [0.2, 0.25) is 0 Å². The Morgan fingerprint density at radius 3 is 3.00 bits per heavy atom. The van der Waals surface area contributed by atoms with E-state index in [9.17, 15) is 4.79 Å². The maximum absolute atomic E-state index is 11.8. The molecule has 8 heteroatoms. The Labute approximate surface area is 131 Å².